The Kier molecular flexibility index (Phi) is 6.31. The number of amides is 2. The molecule has 2 aromatic carbocycles. The van der Waals surface area contributed by atoms with Crippen molar-refractivity contribution in [1.29, 1.82) is 0 Å². The number of nitrogens with zero attached hydrogens (tertiary/aromatic N) is 1. The van der Waals surface area contributed by atoms with Crippen LogP contribution in [0.3, 0.4) is 0 Å². The maximum Gasteiger partial charge on any atom is 0.257 e. The van der Waals surface area contributed by atoms with Gasteiger partial charge < -0.3 is 19.7 Å². The fourth-order valence-corrected chi connectivity index (χ4v) is 3.49. The lowest BCUT2D eigenvalue weighted by atomic mass is 10.1. The molecule has 1 aliphatic heterocycles. The van der Waals surface area contributed by atoms with Crippen LogP contribution in [0.1, 0.15) is 33.6 Å². The van der Waals surface area contributed by atoms with E-state index in [0.717, 1.165) is 12.8 Å². The standard InChI is InChI=1S/C20H20Cl2N2O4/c1-27-17-10-14(20(26)24-7-3-4-8-24)16(11-18(17)28-2)23-19(25)13-9-12(21)5-6-15(13)22/h5-6,9-11H,3-4,7-8H2,1-2H3,(H,23,25). The van der Waals surface area contributed by atoms with E-state index in [1.54, 1.807) is 29.2 Å². The van der Waals surface area contributed by atoms with E-state index in [-0.39, 0.29) is 16.5 Å². The number of nitrogens with one attached hydrogen (secondary N) is 1. The van der Waals surface area contributed by atoms with Gasteiger partial charge in [0, 0.05) is 24.2 Å². The highest BCUT2D eigenvalue weighted by Gasteiger charge is 2.25. The summed E-state index contributed by atoms with van der Waals surface area (Å²) in [6.07, 6.45) is 1.91. The number of carbonyl (C=O) groups excluding carboxylic acids is 2. The zero-order valence-corrected chi connectivity index (χ0v) is 17.1. The Hall–Kier alpha value is -2.44. The number of halogens is 2. The number of hydrogen-bond donors (Lipinski definition) is 1. The summed E-state index contributed by atoms with van der Waals surface area (Å²) in [7, 11) is 2.98. The lowest BCUT2D eigenvalue weighted by molar-refractivity contribution is 0.0793. The molecule has 2 aromatic rings. The quantitative estimate of drug-likeness (QED) is 0.769. The van der Waals surface area contributed by atoms with E-state index < -0.39 is 5.91 Å². The van der Waals surface area contributed by atoms with Crippen molar-refractivity contribution in [2.24, 2.45) is 0 Å². The van der Waals surface area contributed by atoms with Gasteiger partial charge in [-0.25, -0.2) is 0 Å². The average Bonchev–Trinajstić information content (AvgIpc) is 3.23. The van der Waals surface area contributed by atoms with Crippen molar-refractivity contribution in [2.75, 3.05) is 32.6 Å². The summed E-state index contributed by atoms with van der Waals surface area (Å²) in [6.45, 7) is 1.36. The fourth-order valence-electron chi connectivity index (χ4n) is 3.11. The van der Waals surface area contributed by atoms with Gasteiger partial charge in [-0.2, -0.15) is 0 Å². The smallest absolute Gasteiger partial charge is 0.257 e. The molecular formula is C20H20Cl2N2O4. The minimum atomic E-state index is -0.477. The first kappa shape index (κ1) is 20.3. The fraction of sp³-hybridized carbons (Fsp3) is 0.300. The number of methoxy groups -OCH3 is 2. The zero-order valence-electron chi connectivity index (χ0n) is 15.6. The van der Waals surface area contributed by atoms with Gasteiger partial charge in [0.15, 0.2) is 11.5 Å². The van der Waals surface area contributed by atoms with Crippen LogP contribution in [-0.4, -0.2) is 44.0 Å². The highest BCUT2D eigenvalue weighted by molar-refractivity contribution is 6.36. The molecule has 6 nitrogen and oxygen atoms in total. The van der Waals surface area contributed by atoms with Crippen molar-refractivity contribution in [3.8, 4) is 11.5 Å². The lowest BCUT2D eigenvalue weighted by Gasteiger charge is -2.20. The van der Waals surface area contributed by atoms with Gasteiger partial charge in [0.05, 0.1) is 36.1 Å². The molecule has 148 valence electrons. The van der Waals surface area contributed by atoms with Crippen LogP contribution in [0.5, 0.6) is 11.5 Å². The molecule has 3 rings (SSSR count). The third kappa shape index (κ3) is 4.18. The Morgan fingerprint density at radius 2 is 1.61 bits per heavy atom. The molecule has 1 fully saturated rings. The molecule has 28 heavy (non-hydrogen) atoms. The number of likely N-dealkylation sites (tertiary alicyclic amines) is 1. The Morgan fingerprint density at radius 3 is 2.25 bits per heavy atom. The topological polar surface area (TPSA) is 67.9 Å². The van der Waals surface area contributed by atoms with E-state index >= 15 is 0 Å². The summed E-state index contributed by atoms with van der Waals surface area (Å²) in [5, 5.41) is 3.40. The number of benzene rings is 2. The third-order valence-corrected chi connectivity index (χ3v) is 5.13. The van der Waals surface area contributed by atoms with Crippen molar-refractivity contribution in [1.82, 2.24) is 4.90 Å². The Balaban J connectivity index is 2.01. The number of hydrogen-bond acceptors (Lipinski definition) is 4. The molecule has 1 aliphatic rings. The van der Waals surface area contributed by atoms with Crippen LogP contribution in [0.25, 0.3) is 0 Å². The second-order valence-electron chi connectivity index (χ2n) is 6.33. The molecule has 1 N–H and O–H groups in total. The van der Waals surface area contributed by atoms with Crippen LogP contribution >= 0.6 is 23.2 Å². The number of rotatable bonds is 5. The molecule has 0 unspecified atom stereocenters. The van der Waals surface area contributed by atoms with Gasteiger partial charge in [0.25, 0.3) is 11.8 Å². The summed E-state index contributed by atoms with van der Waals surface area (Å²) in [4.78, 5) is 27.5. The SMILES string of the molecule is COc1cc(NC(=O)c2cc(Cl)ccc2Cl)c(C(=O)N2CCCC2)cc1OC. The Labute approximate surface area is 173 Å². The molecule has 1 saturated heterocycles. The highest BCUT2D eigenvalue weighted by Crippen LogP contribution is 2.35. The van der Waals surface area contributed by atoms with Crippen molar-refractivity contribution in [3.05, 3.63) is 51.5 Å². The van der Waals surface area contributed by atoms with E-state index in [1.807, 2.05) is 0 Å². The van der Waals surface area contributed by atoms with Gasteiger partial charge in [-0.3, -0.25) is 9.59 Å². The number of anilines is 1. The van der Waals surface area contributed by atoms with E-state index in [9.17, 15) is 9.59 Å². The molecule has 0 spiro atoms. The van der Waals surface area contributed by atoms with Crippen molar-refractivity contribution >= 4 is 40.7 Å². The lowest BCUT2D eigenvalue weighted by Crippen LogP contribution is -2.29. The molecule has 0 saturated carbocycles. The van der Waals surface area contributed by atoms with Gasteiger partial charge >= 0.3 is 0 Å². The van der Waals surface area contributed by atoms with Gasteiger partial charge in [-0.15, -0.1) is 0 Å². The highest BCUT2D eigenvalue weighted by atomic mass is 35.5. The van der Waals surface area contributed by atoms with Crippen LogP contribution in [0.15, 0.2) is 30.3 Å². The number of carbonyl (C=O) groups is 2. The monoisotopic (exact) mass is 422 g/mol. The van der Waals surface area contributed by atoms with Crippen molar-refractivity contribution < 1.29 is 19.1 Å². The molecule has 8 heteroatoms. The van der Waals surface area contributed by atoms with E-state index in [2.05, 4.69) is 5.32 Å². The van der Waals surface area contributed by atoms with Crippen LogP contribution < -0.4 is 14.8 Å². The zero-order chi connectivity index (χ0) is 20.3. The third-order valence-electron chi connectivity index (χ3n) is 4.57. The van der Waals surface area contributed by atoms with Crippen LogP contribution in [0, 0.1) is 0 Å². The molecule has 0 atom stereocenters. The maximum atomic E-state index is 13.0. The van der Waals surface area contributed by atoms with Crippen LogP contribution in [0.4, 0.5) is 5.69 Å². The minimum absolute atomic E-state index is 0.175. The molecule has 0 aliphatic carbocycles. The Morgan fingerprint density at radius 1 is 0.964 bits per heavy atom. The summed E-state index contributed by atoms with van der Waals surface area (Å²) in [6, 6.07) is 7.76. The second kappa shape index (κ2) is 8.71. The first-order valence-electron chi connectivity index (χ1n) is 8.76. The van der Waals surface area contributed by atoms with E-state index in [1.165, 1.54) is 20.3 Å². The Bertz CT molecular complexity index is 911. The summed E-state index contributed by atoms with van der Waals surface area (Å²) >= 11 is 12.1. The van der Waals surface area contributed by atoms with Crippen LogP contribution in [0.2, 0.25) is 10.0 Å². The molecule has 2 amide bonds. The van der Waals surface area contributed by atoms with Gasteiger partial charge in [0.2, 0.25) is 0 Å². The molecule has 0 bridgehead atoms. The first-order chi connectivity index (χ1) is 13.4. The van der Waals surface area contributed by atoms with Crippen molar-refractivity contribution in [2.45, 2.75) is 12.8 Å². The van der Waals surface area contributed by atoms with Gasteiger partial charge in [-0.05, 0) is 37.1 Å². The predicted molar refractivity (Wildman–Crippen MR) is 109 cm³/mol. The largest absolute Gasteiger partial charge is 0.493 e. The molecule has 0 radical (unpaired) electrons. The number of ether oxygens (including phenoxy) is 2. The normalized spacial score (nSPS) is 13.4. The molecular weight excluding hydrogens is 403 g/mol. The van der Waals surface area contributed by atoms with E-state index in [4.69, 9.17) is 32.7 Å². The maximum absolute atomic E-state index is 13.0. The summed E-state index contributed by atoms with van der Waals surface area (Å²) in [5.41, 5.74) is 0.852. The molecule has 0 aromatic heterocycles. The van der Waals surface area contributed by atoms with Crippen molar-refractivity contribution in [3.63, 3.8) is 0 Å². The van der Waals surface area contributed by atoms with E-state index in [0.29, 0.717) is 40.9 Å². The second-order valence-corrected chi connectivity index (χ2v) is 7.17. The molecule has 1 heterocycles. The minimum Gasteiger partial charge on any atom is -0.493 e. The first-order valence-corrected chi connectivity index (χ1v) is 9.52. The van der Waals surface area contributed by atoms with Gasteiger partial charge in [0.1, 0.15) is 0 Å². The average molecular weight is 423 g/mol. The van der Waals surface area contributed by atoms with Gasteiger partial charge in [-0.1, -0.05) is 23.2 Å². The predicted octanol–water partition coefficient (Wildman–Crippen LogP) is 4.50. The van der Waals surface area contributed by atoms with Crippen LogP contribution in [-0.2, 0) is 0 Å². The summed E-state index contributed by atoms with van der Waals surface area (Å²) < 4.78 is 10.6. The summed E-state index contributed by atoms with van der Waals surface area (Å²) in [5.74, 6) is 0.151.